The molecule has 0 aliphatic heterocycles. The van der Waals surface area contributed by atoms with Gasteiger partial charge in [0.2, 0.25) is 0 Å². The van der Waals surface area contributed by atoms with Crippen molar-refractivity contribution >= 4 is 5.91 Å². The number of nitrogens with one attached hydrogen (secondary N) is 2. The molecule has 0 aromatic carbocycles. The summed E-state index contributed by atoms with van der Waals surface area (Å²) in [6.45, 7) is 1.29. The van der Waals surface area contributed by atoms with E-state index < -0.39 is 5.91 Å². The van der Waals surface area contributed by atoms with E-state index >= 15 is 0 Å². The largest absolute Gasteiger partial charge is 0.386 e. The zero-order valence-electron chi connectivity index (χ0n) is 10.7. The summed E-state index contributed by atoms with van der Waals surface area (Å²) in [6.07, 6.45) is 4.80. The van der Waals surface area contributed by atoms with E-state index in [4.69, 9.17) is 10.00 Å². The van der Waals surface area contributed by atoms with Gasteiger partial charge in [0.05, 0.1) is 6.61 Å². The van der Waals surface area contributed by atoms with E-state index in [0.29, 0.717) is 19.7 Å². The first-order valence-electron chi connectivity index (χ1n) is 5.77. The Bertz CT molecular complexity index is 465. The summed E-state index contributed by atoms with van der Waals surface area (Å²) in [4.78, 5) is 15.6. The first kappa shape index (κ1) is 14.7. The van der Waals surface area contributed by atoms with E-state index in [-0.39, 0.29) is 5.57 Å². The minimum Gasteiger partial charge on any atom is -0.386 e. The van der Waals surface area contributed by atoms with Gasteiger partial charge < -0.3 is 15.4 Å². The molecule has 1 heterocycles. The summed E-state index contributed by atoms with van der Waals surface area (Å²) in [6, 6.07) is 5.57. The van der Waals surface area contributed by atoms with Crippen molar-refractivity contribution in [1.29, 1.82) is 5.26 Å². The highest BCUT2D eigenvalue weighted by Gasteiger charge is 2.07. The summed E-state index contributed by atoms with van der Waals surface area (Å²) >= 11 is 0. The normalized spacial score (nSPS) is 10.6. The maximum absolute atomic E-state index is 11.6. The second-order valence-corrected chi connectivity index (χ2v) is 3.66. The van der Waals surface area contributed by atoms with Crippen molar-refractivity contribution in [3.8, 4) is 6.07 Å². The van der Waals surface area contributed by atoms with Crippen molar-refractivity contribution in [2.24, 2.45) is 0 Å². The van der Waals surface area contributed by atoms with Crippen LogP contribution in [0, 0.1) is 11.3 Å². The molecule has 0 atom stereocenters. The third-order valence-electron chi connectivity index (χ3n) is 2.23. The lowest BCUT2D eigenvalue weighted by Gasteiger charge is -2.04. The van der Waals surface area contributed by atoms with Crippen molar-refractivity contribution in [2.75, 3.05) is 20.3 Å². The summed E-state index contributed by atoms with van der Waals surface area (Å²) in [5.41, 5.74) is 0.996. The van der Waals surface area contributed by atoms with Gasteiger partial charge in [0, 0.05) is 38.8 Å². The maximum Gasteiger partial charge on any atom is 0.263 e. The third-order valence-corrected chi connectivity index (χ3v) is 2.23. The lowest BCUT2D eigenvalue weighted by molar-refractivity contribution is -0.117. The quantitative estimate of drug-likeness (QED) is 0.419. The van der Waals surface area contributed by atoms with E-state index in [2.05, 4.69) is 15.6 Å². The molecule has 19 heavy (non-hydrogen) atoms. The first-order valence-corrected chi connectivity index (χ1v) is 5.77. The molecule has 0 aliphatic rings. The molecule has 0 saturated carbocycles. The molecule has 2 N–H and O–H groups in total. The average molecular weight is 260 g/mol. The minimum atomic E-state index is -0.418. The van der Waals surface area contributed by atoms with E-state index in [1.54, 1.807) is 19.5 Å². The average Bonchev–Trinajstić information content (AvgIpc) is 2.45. The number of aromatic nitrogens is 1. The van der Waals surface area contributed by atoms with Crippen molar-refractivity contribution in [3.63, 3.8) is 0 Å². The van der Waals surface area contributed by atoms with Crippen LogP contribution >= 0.6 is 0 Å². The van der Waals surface area contributed by atoms with Gasteiger partial charge in [-0.25, -0.2) is 0 Å². The monoisotopic (exact) mass is 260 g/mol. The summed E-state index contributed by atoms with van der Waals surface area (Å²) in [5, 5.41) is 14.4. The van der Waals surface area contributed by atoms with Gasteiger partial charge in [0.25, 0.3) is 5.91 Å². The van der Waals surface area contributed by atoms with Crippen LogP contribution in [-0.2, 0) is 16.1 Å². The van der Waals surface area contributed by atoms with Crippen LogP contribution in [0.5, 0.6) is 0 Å². The Labute approximate surface area is 112 Å². The molecule has 1 amide bonds. The number of hydrogen-bond acceptors (Lipinski definition) is 5. The molecule has 100 valence electrons. The topological polar surface area (TPSA) is 87.0 Å². The van der Waals surface area contributed by atoms with Crippen LogP contribution in [0.3, 0.4) is 0 Å². The standard InChI is InChI=1S/C13H16N4O2/c1-19-6-5-17-13(18)12(7-14)10-16-9-11-3-2-4-15-8-11/h2-4,8,10,16H,5-6,9H2,1H3,(H,17,18)/b12-10-. The first-order chi connectivity index (χ1) is 9.27. The number of methoxy groups -OCH3 is 1. The smallest absolute Gasteiger partial charge is 0.263 e. The minimum absolute atomic E-state index is 0.0278. The van der Waals surface area contributed by atoms with Gasteiger partial charge in [-0.2, -0.15) is 5.26 Å². The lowest BCUT2D eigenvalue weighted by atomic mass is 10.2. The Morgan fingerprint density at radius 1 is 1.63 bits per heavy atom. The van der Waals surface area contributed by atoms with Gasteiger partial charge in [0.1, 0.15) is 11.6 Å². The van der Waals surface area contributed by atoms with E-state index in [0.717, 1.165) is 5.56 Å². The Morgan fingerprint density at radius 2 is 2.47 bits per heavy atom. The van der Waals surface area contributed by atoms with Crippen LogP contribution in [0.15, 0.2) is 36.3 Å². The van der Waals surface area contributed by atoms with E-state index in [1.807, 2.05) is 18.2 Å². The highest BCUT2D eigenvalue weighted by atomic mass is 16.5. The lowest BCUT2D eigenvalue weighted by Crippen LogP contribution is -2.28. The Hall–Kier alpha value is -2.39. The molecule has 0 unspecified atom stereocenters. The predicted molar refractivity (Wildman–Crippen MR) is 69.7 cm³/mol. The number of hydrogen-bond donors (Lipinski definition) is 2. The fourth-order valence-corrected chi connectivity index (χ4v) is 1.28. The summed E-state index contributed by atoms with van der Waals surface area (Å²) < 4.78 is 4.80. The number of carbonyl (C=O) groups excluding carboxylic acids is 1. The van der Waals surface area contributed by atoms with Crippen molar-refractivity contribution in [2.45, 2.75) is 6.54 Å². The highest BCUT2D eigenvalue weighted by Crippen LogP contribution is 1.96. The maximum atomic E-state index is 11.6. The number of pyridine rings is 1. The fraction of sp³-hybridized carbons (Fsp3) is 0.308. The zero-order chi connectivity index (χ0) is 13.9. The Morgan fingerprint density at radius 3 is 3.11 bits per heavy atom. The van der Waals surface area contributed by atoms with Crippen molar-refractivity contribution < 1.29 is 9.53 Å². The van der Waals surface area contributed by atoms with Crippen LogP contribution in [-0.4, -0.2) is 31.2 Å². The number of nitriles is 1. The molecule has 6 heteroatoms. The molecule has 0 spiro atoms. The van der Waals surface area contributed by atoms with Gasteiger partial charge in [-0.1, -0.05) is 6.07 Å². The highest BCUT2D eigenvalue weighted by molar-refractivity contribution is 5.97. The van der Waals surface area contributed by atoms with Crippen LogP contribution in [0.2, 0.25) is 0 Å². The van der Waals surface area contributed by atoms with Crippen LogP contribution < -0.4 is 10.6 Å². The van der Waals surface area contributed by atoms with Crippen LogP contribution in [0.4, 0.5) is 0 Å². The number of amides is 1. The molecule has 0 radical (unpaired) electrons. The van der Waals surface area contributed by atoms with Crippen molar-refractivity contribution in [3.05, 3.63) is 41.9 Å². The molecule has 0 aliphatic carbocycles. The second-order valence-electron chi connectivity index (χ2n) is 3.66. The summed E-state index contributed by atoms with van der Waals surface area (Å²) in [7, 11) is 1.54. The molecule has 6 nitrogen and oxygen atoms in total. The number of nitrogens with zero attached hydrogens (tertiary/aromatic N) is 2. The fourth-order valence-electron chi connectivity index (χ4n) is 1.28. The predicted octanol–water partition coefficient (Wildman–Crippen LogP) is 0.341. The molecule has 1 rings (SSSR count). The van der Waals surface area contributed by atoms with Crippen molar-refractivity contribution in [1.82, 2.24) is 15.6 Å². The molecular weight excluding hydrogens is 244 g/mol. The SMILES string of the molecule is COCCNC(=O)/C(C#N)=C\NCc1cccnc1. The summed E-state index contributed by atoms with van der Waals surface area (Å²) in [5.74, 6) is -0.418. The molecule has 0 saturated heterocycles. The number of carbonyl (C=O) groups is 1. The Kier molecular flexibility index (Phi) is 6.69. The van der Waals surface area contributed by atoms with Crippen LogP contribution in [0.1, 0.15) is 5.56 Å². The molecule has 1 aromatic heterocycles. The number of ether oxygens (including phenoxy) is 1. The molecular formula is C13H16N4O2. The second kappa shape index (κ2) is 8.66. The molecule has 0 fully saturated rings. The van der Waals surface area contributed by atoms with Gasteiger partial charge in [-0.3, -0.25) is 9.78 Å². The van der Waals surface area contributed by atoms with E-state index in [1.165, 1.54) is 6.20 Å². The van der Waals surface area contributed by atoms with Gasteiger partial charge in [-0.15, -0.1) is 0 Å². The third kappa shape index (κ3) is 5.66. The molecule has 0 bridgehead atoms. The Balaban J connectivity index is 2.44. The van der Waals surface area contributed by atoms with Gasteiger partial charge in [-0.05, 0) is 11.6 Å². The van der Waals surface area contributed by atoms with Gasteiger partial charge >= 0.3 is 0 Å². The van der Waals surface area contributed by atoms with Gasteiger partial charge in [0.15, 0.2) is 0 Å². The molecule has 1 aromatic rings. The zero-order valence-corrected chi connectivity index (χ0v) is 10.7. The number of rotatable bonds is 7. The van der Waals surface area contributed by atoms with Crippen LogP contribution in [0.25, 0.3) is 0 Å². The van der Waals surface area contributed by atoms with E-state index in [9.17, 15) is 4.79 Å².